The summed E-state index contributed by atoms with van der Waals surface area (Å²) in [5.41, 5.74) is 3.26. The molecule has 0 atom stereocenters. The van der Waals surface area contributed by atoms with Crippen LogP contribution in [-0.4, -0.2) is 38.9 Å². The molecule has 0 saturated carbocycles. The Morgan fingerprint density at radius 1 is 1.24 bits per heavy atom. The van der Waals surface area contributed by atoms with Gasteiger partial charge in [-0.1, -0.05) is 30.3 Å². The number of rotatable bonds is 3. The SMILES string of the molecule is Cn1nc(CN2CCOc3c(cccc3C(=O)O)C2)c2ccccc21. The lowest BCUT2D eigenvalue weighted by atomic mass is 10.1. The molecule has 0 fully saturated rings. The van der Waals surface area contributed by atoms with E-state index in [1.165, 1.54) is 0 Å². The standard InChI is InChI=1S/C19H19N3O3/c1-21-17-8-3-2-6-14(17)16(20-21)12-22-9-10-25-18-13(11-22)5-4-7-15(18)19(23)24/h2-8H,9-12H2,1H3,(H,23,24). The van der Waals surface area contributed by atoms with Gasteiger partial charge in [0.05, 0.1) is 11.2 Å². The fourth-order valence-corrected chi connectivity index (χ4v) is 3.40. The lowest BCUT2D eigenvalue weighted by Crippen LogP contribution is -2.25. The van der Waals surface area contributed by atoms with Crippen molar-refractivity contribution in [1.29, 1.82) is 0 Å². The summed E-state index contributed by atoms with van der Waals surface area (Å²) in [5, 5.41) is 15.2. The zero-order chi connectivity index (χ0) is 17.4. The van der Waals surface area contributed by atoms with Gasteiger partial charge in [-0.25, -0.2) is 4.79 Å². The Bertz CT molecular complexity index is 948. The molecule has 0 amide bonds. The number of hydrogen-bond acceptors (Lipinski definition) is 4. The lowest BCUT2D eigenvalue weighted by Gasteiger charge is -2.18. The maximum atomic E-state index is 11.4. The van der Waals surface area contributed by atoms with Crippen molar-refractivity contribution in [2.45, 2.75) is 13.1 Å². The van der Waals surface area contributed by atoms with Crippen molar-refractivity contribution >= 4 is 16.9 Å². The van der Waals surface area contributed by atoms with Crippen LogP contribution in [0, 0.1) is 0 Å². The minimum atomic E-state index is -0.957. The van der Waals surface area contributed by atoms with Crippen LogP contribution in [0.5, 0.6) is 5.75 Å². The van der Waals surface area contributed by atoms with Crippen molar-refractivity contribution in [2.75, 3.05) is 13.2 Å². The number of fused-ring (bicyclic) bond motifs is 2. The molecule has 6 heteroatoms. The number of aromatic nitrogens is 2. The first kappa shape index (κ1) is 15.7. The molecule has 25 heavy (non-hydrogen) atoms. The molecule has 1 aromatic heterocycles. The van der Waals surface area contributed by atoms with E-state index in [2.05, 4.69) is 22.1 Å². The highest BCUT2D eigenvalue weighted by atomic mass is 16.5. The summed E-state index contributed by atoms with van der Waals surface area (Å²) in [7, 11) is 1.95. The fraction of sp³-hybridized carbons (Fsp3) is 0.263. The van der Waals surface area contributed by atoms with Gasteiger partial charge in [-0.15, -0.1) is 0 Å². The molecule has 0 saturated heterocycles. The van der Waals surface area contributed by atoms with E-state index in [9.17, 15) is 9.90 Å². The average Bonchev–Trinajstić information content (AvgIpc) is 2.78. The second kappa shape index (κ2) is 6.22. The van der Waals surface area contributed by atoms with Gasteiger partial charge < -0.3 is 9.84 Å². The molecule has 0 bridgehead atoms. The fourth-order valence-electron chi connectivity index (χ4n) is 3.40. The molecule has 1 aliphatic heterocycles. The Labute approximate surface area is 145 Å². The smallest absolute Gasteiger partial charge is 0.339 e. The van der Waals surface area contributed by atoms with Gasteiger partial charge in [0, 0.05) is 37.6 Å². The van der Waals surface area contributed by atoms with Gasteiger partial charge >= 0.3 is 5.97 Å². The molecular weight excluding hydrogens is 318 g/mol. The van der Waals surface area contributed by atoms with E-state index in [1.54, 1.807) is 12.1 Å². The maximum Gasteiger partial charge on any atom is 0.339 e. The first-order valence-corrected chi connectivity index (χ1v) is 8.24. The van der Waals surface area contributed by atoms with Gasteiger partial charge in [0.15, 0.2) is 0 Å². The van der Waals surface area contributed by atoms with Crippen molar-refractivity contribution in [3.63, 3.8) is 0 Å². The number of para-hydroxylation sites is 2. The second-order valence-electron chi connectivity index (χ2n) is 6.25. The lowest BCUT2D eigenvalue weighted by molar-refractivity contribution is 0.0692. The molecule has 0 unspecified atom stereocenters. The van der Waals surface area contributed by atoms with Gasteiger partial charge in [0.25, 0.3) is 0 Å². The minimum Gasteiger partial charge on any atom is -0.491 e. The zero-order valence-electron chi connectivity index (χ0n) is 14.0. The molecule has 0 spiro atoms. The maximum absolute atomic E-state index is 11.4. The Kier molecular flexibility index (Phi) is 3.89. The summed E-state index contributed by atoms with van der Waals surface area (Å²) in [6.07, 6.45) is 0. The van der Waals surface area contributed by atoms with E-state index in [1.807, 2.05) is 29.9 Å². The number of hydrogen-bond donors (Lipinski definition) is 1. The predicted molar refractivity (Wildman–Crippen MR) is 93.7 cm³/mol. The van der Waals surface area contributed by atoms with Crippen LogP contribution in [-0.2, 0) is 20.1 Å². The van der Waals surface area contributed by atoms with Crippen molar-refractivity contribution in [2.24, 2.45) is 7.05 Å². The van der Waals surface area contributed by atoms with Crippen molar-refractivity contribution in [1.82, 2.24) is 14.7 Å². The highest BCUT2D eigenvalue weighted by Gasteiger charge is 2.22. The van der Waals surface area contributed by atoms with Gasteiger partial charge in [-0.2, -0.15) is 5.10 Å². The van der Waals surface area contributed by atoms with E-state index in [-0.39, 0.29) is 5.56 Å². The summed E-state index contributed by atoms with van der Waals surface area (Å²) in [4.78, 5) is 13.6. The van der Waals surface area contributed by atoms with E-state index in [0.717, 1.165) is 28.7 Å². The van der Waals surface area contributed by atoms with E-state index in [4.69, 9.17) is 4.74 Å². The Hall–Kier alpha value is -2.86. The first-order chi connectivity index (χ1) is 12.1. The zero-order valence-corrected chi connectivity index (χ0v) is 14.0. The topological polar surface area (TPSA) is 67.6 Å². The summed E-state index contributed by atoms with van der Waals surface area (Å²) in [5.74, 6) is -0.468. The van der Waals surface area contributed by atoms with E-state index < -0.39 is 5.97 Å². The van der Waals surface area contributed by atoms with Crippen LogP contribution in [0.25, 0.3) is 10.9 Å². The Morgan fingerprint density at radius 3 is 2.92 bits per heavy atom. The molecule has 0 aliphatic carbocycles. The molecule has 2 aromatic carbocycles. The molecule has 0 radical (unpaired) electrons. The molecule has 4 rings (SSSR count). The number of ether oxygens (including phenoxy) is 1. The third-order valence-electron chi connectivity index (χ3n) is 4.58. The average molecular weight is 337 g/mol. The van der Waals surface area contributed by atoms with E-state index in [0.29, 0.717) is 25.4 Å². The number of aromatic carboxylic acids is 1. The van der Waals surface area contributed by atoms with Crippen molar-refractivity contribution in [3.8, 4) is 5.75 Å². The van der Waals surface area contributed by atoms with E-state index >= 15 is 0 Å². The van der Waals surface area contributed by atoms with Gasteiger partial charge in [-0.3, -0.25) is 9.58 Å². The van der Waals surface area contributed by atoms with Crippen LogP contribution in [0.3, 0.4) is 0 Å². The normalized spacial score (nSPS) is 14.8. The number of carboxylic acid groups (broad SMARTS) is 1. The summed E-state index contributed by atoms with van der Waals surface area (Å²) < 4.78 is 7.65. The van der Waals surface area contributed by atoms with Crippen LogP contribution in [0.2, 0.25) is 0 Å². The molecule has 1 N–H and O–H groups in total. The highest BCUT2D eigenvalue weighted by molar-refractivity contribution is 5.91. The van der Waals surface area contributed by atoms with Crippen LogP contribution in [0.4, 0.5) is 0 Å². The predicted octanol–water partition coefficient (Wildman–Crippen LogP) is 2.67. The quantitative estimate of drug-likeness (QED) is 0.796. The number of carbonyl (C=O) groups is 1. The van der Waals surface area contributed by atoms with Gasteiger partial charge in [-0.05, 0) is 12.1 Å². The molecule has 1 aliphatic rings. The Balaban J connectivity index is 1.64. The molecule has 2 heterocycles. The molecule has 3 aromatic rings. The Morgan fingerprint density at radius 2 is 2.08 bits per heavy atom. The minimum absolute atomic E-state index is 0.225. The number of benzene rings is 2. The van der Waals surface area contributed by atoms with Crippen molar-refractivity contribution < 1.29 is 14.6 Å². The molecule has 6 nitrogen and oxygen atoms in total. The third kappa shape index (κ3) is 2.85. The van der Waals surface area contributed by atoms with Crippen LogP contribution >= 0.6 is 0 Å². The third-order valence-corrected chi connectivity index (χ3v) is 4.58. The second-order valence-corrected chi connectivity index (χ2v) is 6.25. The number of aryl methyl sites for hydroxylation is 1. The van der Waals surface area contributed by atoms with Crippen LogP contribution in [0.15, 0.2) is 42.5 Å². The monoisotopic (exact) mass is 337 g/mol. The molecular formula is C19H19N3O3. The largest absolute Gasteiger partial charge is 0.491 e. The summed E-state index contributed by atoms with van der Waals surface area (Å²) >= 11 is 0. The number of carboxylic acids is 1. The van der Waals surface area contributed by atoms with Gasteiger partial charge in [0.2, 0.25) is 0 Å². The first-order valence-electron chi connectivity index (χ1n) is 8.24. The number of nitrogens with zero attached hydrogens (tertiary/aromatic N) is 3. The van der Waals surface area contributed by atoms with Crippen LogP contribution in [0.1, 0.15) is 21.6 Å². The summed E-state index contributed by atoms with van der Waals surface area (Å²) in [6, 6.07) is 13.5. The van der Waals surface area contributed by atoms with Gasteiger partial charge in [0.1, 0.15) is 17.9 Å². The summed E-state index contributed by atoms with van der Waals surface area (Å²) in [6.45, 7) is 2.52. The molecule has 128 valence electrons. The van der Waals surface area contributed by atoms with Crippen LogP contribution < -0.4 is 4.74 Å². The highest BCUT2D eigenvalue weighted by Crippen LogP contribution is 2.29. The van der Waals surface area contributed by atoms with Crippen molar-refractivity contribution in [3.05, 3.63) is 59.3 Å².